The Kier molecular flexibility index (Phi) is 6.08. The van der Waals surface area contributed by atoms with Crippen molar-refractivity contribution in [2.45, 2.75) is 31.1 Å². The molecule has 0 saturated heterocycles. The highest BCUT2D eigenvalue weighted by atomic mass is 32.2. The highest BCUT2D eigenvalue weighted by Gasteiger charge is 2.35. The molecular formula is C16H22FNO3S. The minimum atomic E-state index is -1.33. The lowest BCUT2D eigenvalue weighted by molar-refractivity contribution is -0.118. The fraction of sp³-hybridized carbons (Fsp3) is 0.562. The number of amides is 1. The third-order valence-corrected chi connectivity index (χ3v) is 5.47. The summed E-state index contributed by atoms with van der Waals surface area (Å²) in [6.07, 6.45) is 4.09. The van der Waals surface area contributed by atoms with Crippen molar-refractivity contribution in [1.29, 1.82) is 0 Å². The second-order valence-corrected chi connectivity index (χ2v) is 7.36. The first-order valence-corrected chi connectivity index (χ1v) is 9.03. The van der Waals surface area contributed by atoms with Gasteiger partial charge >= 0.3 is 0 Å². The predicted molar refractivity (Wildman–Crippen MR) is 84.5 cm³/mol. The van der Waals surface area contributed by atoms with Gasteiger partial charge in [0.1, 0.15) is 11.6 Å². The Balaban J connectivity index is 1.99. The zero-order valence-corrected chi connectivity index (χ0v) is 13.3. The number of carbonyl (C=O) groups excluding carboxylic acids is 1. The first kappa shape index (κ1) is 17.1. The highest BCUT2D eigenvalue weighted by molar-refractivity contribution is 7.85. The first-order valence-electron chi connectivity index (χ1n) is 7.54. The summed E-state index contributed by atoms with van der Waals surface area (Å²) in [5, 5.41) is 11.6. The van der Waals surface area contributed by atoms with Crippen LogP contribution >= 0.6 is 0 Å². The Hall–Kier alpha value is -1.27. The number of hydrogen-bond acceptors (Lipinski definition) is 3. The Morgan fingerprint density at radius 3 is 2.50 bits per heavy atom. The molecule has 1 aromatic rings. The van der Waals surface area contributed by atoms with Crippen LogP contribution in [-0.4, -0.2) is 39.9 Å². The van der Waals surface area contributed by atoms with E-state index in [1.54, 1.807) is 12.1 Å². The summed E-state index contributed by atoms with van der Waals surface area (Å²) in [5.41, 5.74) is 0.894. The number of benzene rings is 1. The average Bonchev–Trinajstić information content (AvgIpc) is 2.96. The molecule has 0 aliphatic heterocycles. The molecule has 1 aliphatic rings. The molecule has 0 radical (unpaired) electrons. The number of carbonyl (C=O) groups is 1. The number of nitrogens with one attached hydrogen (secondary N) is 1. The van der Waals surface area contributed by atoms with Crippen molar-refractivity contribution in [3.05, 3.63) is 35.6 Å². The van der Waals surface area contributed by atoms with Gasteiger partial charge in [-0.25, -0.2) is 4.39 Å². The van der Waals surface area contributed by atoms with Crippen LogP contribution in [0, 0.1) is 5.82 Å². The van der Waals surface area contributed by atoms with Gasteiger partial charge in [0.25, 0.3) is 0 Å². The summed E-state index contributed by atoms with van der Waals surface area (Å²) < 4.78 is 24.6. The lowest BCUT2D eigenvalue weighted by Gasteiger charge is -2.30. The maximum Gasteiger partial charge on any atom is 0.232 e. The summed E-state index contributed by atoms with van der Waals surface area (Å²) >= 11 is 0. The highest BCUT2D eigenvalue weighted by Crippen LogP contribution is 2.40. The van der Waals surface area contributed by atoms with Gasteiger partial charge in [-0.15, -0.1) is 0 Å². The molecule has 0 bridgehead atoms. The Labute approximate surface area is 132 Å². The molecule has 1 aromatic carbocycles. The monoisotopic (exact) mass is 327 g/mol. The van der Waals surface area contributed by atoms with Gasteiger partial charge < -0.3 is 10.4 Å². The normalized spacial score (nSPS) is 18.1. The fourth-order valence-electron chi connectivity index (χ4n) is 3.06. The van der Waals surface area contributed by atoms with E-state index in [0.717, 1.165) is 31.2 Å². The second kappa shape index (κ2) is 7.83. The van der Waals surface area contributed by atoms with Gasteiger partial charge in [0, 0.05) is 28.5 Å². The zero-order chi connectivity index (χ0) is 16.0. The van der Waals surface area contributed by atoms with Gasteiger partial charge in [0.05, 0.1) is 6.61 Å². The summed E-state index contributed by atoms with van der Waals surface area (Å²) in [4.78, 5) is 11.9. The summed E-state index contributed by atoms with van der Waals surface area (Å²) in [6.45, 7) is 0.299. The van der Waals surface area contributed by atoms with Crippen LogP contribution in [0.1, 0.15) is 31.2 Å². The summed E-state index contributed by atoms with van der Waals surface area (Å²) in [6, 6.07) is 6.48. The topological polar surface area (TPSA) is 66.4 Å². The Bertz CT molecular complexity index is 527. The smallest absolute Gasteiger partial charge is 0.232 e. The molecule has 2 N–H and O–H groups in total. The number of aliphatic hydroxyl groups is 1. The first-order chi connectivity index (χ1) is 10.6. The van der Waals surface area contributed by atoms with Gasteiger partial charge in [0.15, 0.2) is 0 Å². The van der Waals surface area contributed by atoms with Crippen LogP contribution in [0.4, 0.5) is 4.39 Å². The summed E-state index contributed by atoms with van der Waals surface area (Å²) in [7, 11) is -1.33. The van der Waals surface area contributed by atoms with Crippen molar-refractivity contribution in [2.24, 2.45) is 0 Å². The lowest BCUT2D eigenvalue weighted by Crippen LogP contribution is -2.40. The number of rotatable bonds is 7. The van der Waals surface area contributed by atoms with Crippen molar-refractivity contribution in [1.82, 2.24) is 5.32 Å². The third-order valence-electron chi connectivity index (χ3n) is 4.25. The molecule has 2 rings (SSSR count). The van der Waals surface area contributed by atoms with Gasteiger partial charge in [-0.3, -0.25) is 9.00 Å². The number of halogens is 1. The van der Waals surface area contributed by atoms with Gasteiger partial charge in [-0.1, -0.05) is 25.0 Å². The van der Waals surface area contributed by atoms with Crippen LogP contribution in [0.2, 0.25) is 0 Å². The zero-order valence-electron chi connectivity index (χ0n) is 12.5. The van der Waals surface area contributed by atoms with Crippen LogP contribution in [0.3, 0.4) is 0 Å². The number of aliphatic hydroxyl groups excluding tert-OH is 1. The molecule has 0 spiro atoms. The van der Waals surface area contributed by atoms with E-state index in [1.807, 2.05) is 0 Å². The van der Waals surface area contributed by atoms with Crippen LogP contribution < -0.4 is 5.32 Å². The molecule has 22 heavy (non-hydrogen) atoms. The van der Waals surface area contributed by atoms with E-state index >= 15 is 0 Å². The Morgan fingerprint density at radius 2 is 1.91 bits per heavy atom. The van der Waals surface area contributed by atoms with E-state index in [9.17, 15) is 13.4 Å². The Morgan fingerprint density at radius 1 is 1.27 bits per heavy atom. The van der Waals surface area contributed by atoms with Crippen LogP contribution in [0.5, 0.6) is 0 Å². The largest absolute Gasteiger partial charge is 0.395 e. The van der Waals surface area contributed by atoms with E-state index < -0.39 is 10.8 Å². The maximum atomic E-state index is 13.1. The van der Waals surface area contributed by atoms with Gasteiger partial charge in [-0.05, 0) is 30.5 Å². The molecule has 1 unspecified atom stereocenters. The van der Waals surface area contributed by atoms with Gasteiger partial charge in [0.2, 0.25) is 5.91 Å². The van der Waals surface area contributed by atoms with Crippen molar-refractivity contribution >= 4 is 16.7 Å². The van der Waals surface area contributed by atoms with Crippen molar-refractivity contribution in [2.75, 3.05) is 24.7 Å². The molecule has 1 saturated carbocycles. The van der Waals surface area contributed by atoms with Crippen LogP contribution in [0.15, 0.2) is 24.3 Å². The molecule has 1 amide bonds. The van der Waals surface area contributed by atoms with E-state index in [1.165, 1.54) is 12.1 Å². The van der Waals surface area contributed by atoms with E-state index in [-0.39, 0.29) is 35.3 Å². The average molecular weight is 327 g/mol. The predicted octanol–water partition coefficient (Wildman–Crippen LogP) is 1.49. The molecule has 1 atom stereocenters. The van der Waals surface area contributed by atoms with Crippen LogP contribution in [0.25, 0.3) is 0 Å². The summed E-state index contributed by atoms with van der Waals surface area (Å²) in [5.74, 6) is -0.489. The van der Waals surface area contributed by atoms with Gasteiger partial charge in [-0.2, -0.15) is 0 Å². The van der Waals surface area contributed by atoms with Crippen LogP contribution in [-0.2, 0) is 21.0 Å². The minimum Gasteiger partial charge on any atom is -0.395 e. The molecule has 0 aromatic heterocycles. The quantitative estimate of drug-likeness (QED) is 0.797. The fourth-order valence-corrected chi connectivity index (χ4v) is 3.80. The van der Waals surface area contributed by atoms with Crippen molar-refractivity contribution < 1.29 is 18.5 Å². The number of hydrogen-bond donors (Lipinski definition) is 2. The maximum absolute atomic E-state index is 13.1. The van der Waals surface area contributed by atoms with E-state index in [0.29, 0.717) is 6.54 Å². The molecule has 1 fully saturated rings. The molecule has 4 nitrogen and oxygen atoms in total. The second-order valence-electron chi connectivity index (χ2n) is 5.78. The third kappa shape index (κ3) is 4.36. The molecule has 1 aliphatic carbocycles. The van der Waals surface area contributed by atoms with E-state index in [2.05, 4.69) is 5.32 Å². The molecule has 6 heteroatoms. The van der Waals surface area contributed by atoms with E-state index in [4.69, 9.17) is 5.11 Å². The molecular weight excluding hydrogens is 305 g/mol. The van der Waals surface area contributed by atoms with Crippen molar-refractivity contribution in [3.8, 4) is 0 Å². The SMILES string of the molecule is O=C(CS(=O)CCO)NCC1(c2ccc(F)cc2)CCCC1. The lowest BCUT2D eigenvalue weighted by atomic mass is 9.79. The molecule has 122 valence electrons. The minimum absolute atomic E-state index is 0.0833. The molecule has 0 heterocycles. The standard InChI is InChI=1S/C16H22FNO3S/c17-14-5-3-13(4-6-14)16(7-1-2-8-16)12-18-15(20)11-22(21)10-9-19/h3-6,19H,1-2,7-12H2,(H,18,20). The van der Waals surface area contributed by atoms with Crippen molar-refractivity contribution in [3.63, 3.8) is 0 Å².